The average molecular weight is 173 g/mol. The van der Waals surface area contributed by atoms with Gasteiger partial charge in [-0.25, -0.2) is 0 Å². The summed E-state index contributed by atoms with van der Waals surface area (Å²) in [6.45, 7) is 8.25. The minimum atomic E-state index is 0.221. The first-order valence-electron chi connectivity index (χ1n) is 4.40. The Morgan fingerprint density at radius 3 is 2.46 bits per heavy atom. The fourth-order valence-electron chi connectivity index (χ4n) is 1.21. The van der Waals surface area contributed by atoms with Crippen LogP contribution >= 0.6 is 0 Å². The highest BCUT2D eigenvalue weighted by Gasteiger charge is 2.03. The lowest BCUT2D eigenvalue weighted by Crippen LogP contribution is -2.18. The van der Waals surface area contributed by atoms with Gasteiger partial charge >= 0.3 is 0 Å². The van der Waals surface area contributed by atoms with E-state index in [0.717, 1.165) is 6.54 Å². The van der Waals surface area contributed by atoms with Crippen molar-refractivity contribution < 1.29 is 0 Å². The molecular formula is C12H15N. The Balaban J connectivity index is 2.66. The summed E-state index contributed by atoms with van der Waals surface area (Å²) >= 11 is 0. The standard InChI is InChI=1S/C12H15N/c1-3-10-13-12(4-2)11-8-6-5-7-9-11/h3-9,12-13H,1-2,10H2/t12-/m0/s1. The highest BCUT2D eigenvalue weighted by molar-refractivity contribution is 5.22. The van der Waals surface area contributed by atoms with Crippen LogP contribution in [0.1, 0.15) is 11.6 Å². The van der Waals surface area contributed by atoms with Crippen LogP contribution in [0, 0.1) is 0 Å². The molecule has 0 saturated carbocycles. The van der Waals surface area contributed by atoms with Gasteiger partial charge in [-0.05, 0) is 5.56 Å². The summed E-state index contributed by atoms with van der Waals surface area (Å²) in [5.74, 6) is 0. The summed E-state index contributed by atoms with van der Waals surface area (Å²) in [5, 5.41) is 3.30. The fraction of sp³-hybridized carbons (Fsp3) is 0.167. The second-order valence-electron chi connectivity index (χ2n) is 2.82. The molecule has 0 radical (unpaired) electrons. The van der Waals surface area contributed by atoms with Gasteiger partial charge in [-0.2, -0.15) is 0 Å². The molecule has 1 heteroatoms. The van der Waals surface area contributed by atoms with Gasteiger partial charge in [0.05, 0.1) is 6.04 Å². The molecule has 1 rings (SSSR count). The molecule has 0 aliphatic rings. The monoisotopic (exact) mass is 173 g/mol. The quantitative estimate of drug-likeness (QED) is 0.675. The normalized spacial score (nSPS) is 12.0. The second-order valence-corrected chi connectivity index (χ2v) is 2.82. The van der Waals surface area contributed by atoms with Crippen molar-refractivity contribution in [1.82, 2.24) is 5.32 Å². The van der Waals surface area contributed by atoms with Gasteiger partial charge in [0, 0.05) is 6.54 Å². The molecule has 0 saturated heterocycles. The first-order chi connectivity index (χ1) is 6.38. The van der Waals surface area contributed by atoms with E-state index in [-0.39, 0.29) is 6.04 Å². The van der Waals surface area contributed by atoms with E-state index in [0.29, 0.717) is 0 Å². The Morgan fingerprint density at radius 1 is 1.23 bits per heavy atom. The van der Waals surface area contributed by atoms with E-state index in [2.05, 4.69) is 30.6 Å². The van der Waals surface area contributed by atoms with Gasteiger partial charge in [-0.1, -0.05) is 42.5 Å². The van der Waals surface area contributed by atoms with E-state index < -0.39 is 0 Å². The maximum atomic E-state index is 3.79. The zero-order valence-corrected chi connectivity index (χ0v) is 7.74. The van der Waals surface area contributed by atoms with E-state index >= 15 is 0 Å². The van der Waals surface area contributed by atoms with Crippen LogP contribution < -0.4 is 5.32 Å². The first-order valence-corrected chi connectivity index (χ1v) is 4.40. The molecule has 1 aromatic carbocycles. The minimum absolute atomic E-state index is 0.221. The van der Waals surface area contributed by atoms with E-state index in [4.69, 9.17) is 0 Å². The van der Waals surface area contributed by atoms with Crippen molar-refractivity contribution in [3.8, 4) is 0 Å². The smallest absolute Gasteiger partial charge is 0.0506 e. The maximum absolute atomic E-state index is 3.79. The van der Waals surface area contributed by atoms with Crippen LogP contribution in [0.5, 0.6) is 0 Å². The second kappa shape index (κ2) is 5.33. The van der Waals surface area contributed by atoms with Crippen molar-refractivity contribution in [3.05, 3.63) is 61.2 Å². The van der Waals surface area contributed by atoms with Gasteiger partial charge in [-0.15, -0.1) is 13.2 Å². The third-order valence-corrected chi connectivity index (χ3v) is 1.88. The molecule has 1 nitrogen and oxygen atoms in total. The lowest BCUT2D eigenvalue weighted by atomic mass is 10.1. The van der Waals surface area contributed by atoms with E-state index in [1.54, 1.807) is 0 Å². The molecule has 0 aliphatic heterocycles. The van der Waals surface area contributed by atoms with Crippen molar-refractivity contribution in [1.29, 1.82) is 0 Å². The lowest BCUT2D eigenvalue weighted by molar-refractivity contribution is 0.674. The number of benzene rings is 1. The summed E-state index contributed by atoms with van der Waals surface area (Å²) in [4.78, 5) is 0. The van der Waals surface area contributed by atoms with Gasteiger partial charge < -0.3 is 5.32 Å². The summed E-state index contributed by atoms with van der Waals surface area (Å²) in [6, 6.07) is 10.5. The molecule has 0 aliphatic carbocycles. The van der Waals surface area contributed by atoms with Gasteiger partial charge in [-0.3, -0.25) is 0 Å². The molecule has 1 N–H and O–H groups in total. The molecule has 0 amide bonds. The Kier molecular flexibility index (Phi) is 4.00. The average Bonchev–Trinajstić information content (AvgIpc) is 2.21. The molecular weight excluding hydrogens is 158 g/mol. The van der Waals surface area contributed by atoms with Gasteiger partial charge in [0.2, 0.25) is 0 Å². The number of nitrogens with one attached hydrogen (secondary N) is 1. The van der Waals surface area contributed by atoms with Gasteiger partial charge in [0.1, 0.15) is 0 Å². The summed E-state index contributed by atoms with van der Waals surface area (Å²) in [7, 11) is 0. The van der Waals surface area contributed by atoms with Crippen LogP contribution in [0.2, 0.25) is 0 Å². The van der Waals surface area contributed by atoms with Crippen LogP contribution in [0.4, 0.5) is 0 Å². The van der Waals surface area contributed by atoms with Crippen molar-refractivity contribution in [3.63, 3.8) is 0 Å². The summed E-state index contributed by atoms with van der Waals surface area (Å²) in [5.41, 5.74) is 1.24. The highest BCUT2D eigenvalue weighted by atomic mass is 14.9. The SMILES string of the molecule is C=CCN[C@@H](C=C)c1ccccc1. The van der Waals surface area contributed by atoms with Gasteiger partial charge in [0.15, 0.2) is 0 Å². The molecule has 0 spiro atoms. The Bertz CT molecular complexity index is 264. The zero-order valence-electron chi connectivity index (χ0n) is 7.74. The number of hydrogen-bond donors (Lipinski definition) is 1. The van der Waals surface area contributed by atoms with Crippen LogP contribution in [-0.2, 0) is 0 Å². The molecule has 0 fully saturated rings. The zero-order chi connectivity index (χ0) is 9.52. The number of hydrogen-bond acceptors (Lipinski definition) is 1. The van der Waals surface area contributed by atoms with Crippen LogP contribution in [0.15, 0.2) is 55.6 Å². The molecule has 1 aromatic rings. The fourth-order valence-corrected chi connectivity index (χ4v) is 1.21. The van der Waals surface area contributed by atoms with E-state index in [1.807, 2.05) is 30.4 Å². The molecule has 68 valence electrons. The minimum Gasteiger partial charge on any atom is -0.303 e. The molecule has 0 unspecified atom stereocenters. The lowest BCUT2D eigenvalue weighted by Gasteiger charge is -2.13. The summed E-state index contributed by atoms with van der Waals surface area (Å²) in [6.07, 6.45) is 3.75. The third kappa shape index (κ3) is 2.88. The highest BCUT2D eigenvalue weighted by Crippen LogP contribution is 2.12. The van der Waals surface area contributed by atoms with Crippen molar-refractivity contribution in [2.24, 2.45) is 0 Å². The summed E-state index contributed by atoms with van der Waals surface area (Å²) < 4.78 is 0. The first kappa shape index (κ1) is 9.75. The van der Waals surface area contributed by atoms with Crippen LogP contribution in [0.3, 0.4) is 0 Å². The Morgan fingerprint density at radius 2 is 1.92 bits per heavy atom. The molecule has 0 aromatic heterocycles. The molecule has 0 heterocycles. The predicted molar refractivity (Wildman–Crippen MR) is 57.6 cm³/mol. The Hall–Kier alpha value is -1.34. The van der Waals surface area contributed by atoms with E-state index in [9.17, 15) is 0 Å². The molecule has 1 atom stereocenters. The third-order valence-electron chi connectivity index (χ3n) is 1.88. The van der Waals surface area contributed by atoms with Crippen molar-refractivity contribution >= 4 is 0 Å². The van der Waals surface area contributed by atoms with Crippen molar-refractivity contribution in [2.45, 2.75) is 6.04 Å². The van der Waals surface area contributed by atoms with Gasteiger partial charge in [0.25, 0.3) is 0 Å². The maximum Gasteiger partial charge on any atom is 0.0506 e. The predicted octanol–water partition coefficient (Wildman–Crippen LogP) is 2.69. The van der Waals surface area contributed by atoms with Crippen molar-refractivity contribution in [2.75, 3.05) is 6.54 Å². The molecule has 0 bridgehead atoms. The topological polar surface area (TPSA) is 12.0 Å². The largest absolute Gasteiger partial charge is 0.303 e. The van der Waals surface area contributed by atoms with E-state index in [1.165, 1.54) is 5.56 Å². The Labute approximate surface area is 79.8 Å². The molecule has 13 heavy (non-hydrogen) atoms. The van der Waals surface area contributed by atoms with Crippen LogP contribution in [0.25, 0.3) is 0 Å². The number of rotatable bonds is 5. The van der Waals surface area contributed by atoms with Crippen LogP contribution in [-0.4, -0.2) is 6.54 Å².